The highest BCUT2D eigenvalue weighted by atomic mass is 16.1. The summed E-state index contributed by atoms with van der Waals surface area (Å²) in [4.78, 5) is 16.3. The lowest BCUT2D eigenvalue weighted by atomic mass is 9.99. The number of fused-ring (bicyclic) bond motifs is 1. The number of rotatable bonds is 2. The average molecular weight is 267 g/mol. The van der Waals surface area contributed by atoms with E-state index in [2.05, 4.69) is 21.7 Å². The van der Waals surface area contributed by atoms with Gasteiger partial charge in [-0.15, -0.1) is 0 Å². The molecule has 0 radical (unpaired) electrons. The van der Waals surface area contributed by atoms with Gasteiger partial charge in [0.2, 0.25) is 0 Å². The number of carbonyl (C=O) groups excluding carboxylic acids is 1. The van der Waals surface area contributed by atoms with E-state index in [0.29, 0.717) is 5.56 Å². The fourth-order valence-corrected chi connectivity index (χ4v) is 2.50. The molecule has 4 nitrogen and oxygen atoms in total. The maximum atomic E-state index is 12.3. The Morgan fingerprint density at radius 2 is 2.25 bits per heavy atom. The number of anilines is 1. The lowest BCUT2D eigenvalue weighted by Crippen LogP contribution is -2.25. The van der Waals surface area contributed by atoms with E-state index in [1.807, 2.05) is 25.1 Å². The Bertz CT molecular complexity index is 652. The minimum Gasteiger partial charge on any atom is -0.322 e. The van der Waals surface area contributed by atoms with Crippen molar-refractivity contribution in [2.45, 2.75) is 19.9 Å². The van der Waals surface area contributed by atoms with Gasteiger partial charge < -0.3 is 10.6 Å². The van der Waals surface area contributed by atoms with Crippen molar-refractivity contribution in [1.82, 2.24) is 10.3 Å². The van der Waals surface area contributed by atoms with Crippen molar-refractivity contribution in [2.24, 2.45) is 0 Å². The van der Waals surface area contributed by atoms with Crippen LogP contribution < -0.4 is 10.6 Å². The molecule has 0 atom stereocenters. The Morgan fingerprint density at radius 1 is 1.35 bits per heavy atom. The molecular weight excluding hydrogens is 250 g/mol. The Kier molecular flexibility index (Phi) is 3.48. The van der Waals surface area contributed by atoms with Crippen LogP contribution in [-0.2, 0) is 13.0 Å². The van der Waals surface area contributed by atoms with Crippen LogP contribution in [-0.4, -0.2) is 17.4 Å². The second-order valence-corrected chi connectivity index (χ2v) is 5.08. The van der Waals surface area contributed by atoms with Crippen LogP contribution in [0.15, 0.2) is 36.7 Å². The quantitative estimate of drug-likeness (QED) is 0.877. The fraction of sp³-hybridized carbons (Fsp3) is 0.250. The van der Waals surface area contributed by atoms with E-state index in [9.17, 15) is 4.79 Å². The summed E-state index contributed by atoms with van der Waals surface area (Å²) in [6.07, 6.45) is 4.34. The summed E-state index contributed by atoms with van der Waals surface area (Å²) >= 11 is 0. The molecule has 2 N–H and O–H groups in total. The van der Waals surface area contributed by atoms with E-state index in [-0.39, 0.29) is 5.91 Å². The molecule has 1 aromatic heterocycles. The highest BCUT2D eigenvalue weighted by molar-refractivity contribution is 6.04. The number of benzene rings is 1. The summed E-state index contributed by atoms with van der Waals surface area (Å²) in [5.41, 5.74) is 4.96. The van der Waals surface area contributed by atoms with E-state index in [0.717, 1.165) is 30.8 Å². The lowest BCUT2D eigenvalue weighted by molar-refractivity contribution is 0.102. The van der Waals surface area contributed by atoms with Crippen LogP contribution in [0.2, 0.25) is 0 Å². The number of hydrogen-bond donors (Lipinski definition) is 2. The summed E-state index contributed by atoms with van der Waals surface area (Å²) in [7, 11) is 0. The molecule has 4 heteroatoms. The molecule has 0 fully saturated rings. The first kappa shape index (κ1) is 12.8. The van der Waals surface area contributed by atoms with Gasteiger partial charge in [0.25, 0.3) is 5.91 Å². The predicted molar refractivity (Wildman–Crippen MR) is 78.8 cm³/mol. The number of nitrogens with one attached hydrogen (secondary N) is 2. The molecule has 0 aliphatic carbocycles. The van der Waals surface area contributed by atoms with Crippen molar-refractivity contribution in [3.8, 4) is 0 Å². The van der Waals surface area contributed by atoms with Crippen molar-refractivity contribution in [2.75, 3.05) is 11.9 Å². The van der Waals surface area contributed by atoms with E-state index in [1.54, 1.807) is 12.4 Å². The normalized spacial score (nSPS) is 13.7. The summed E-state index contributed by atoms with van der Waals surface area (Å²) in [6, 6.07) is 7.91. The molecule has 0 saturated heterocycles. The minimum atomic E-state index is -0.111. The number of hydrogen-bond acceptors (Lipinski definition) is 3. The highest BCUT2D eigenvalue weighted by Gasteiger charge is 2.14. The number of pyridine rings is 1. The first-order valence-corrected chi connectivity index (χ1v) is 6.78. The van der Waals surface area contributed by atoms with Gasteiger partial charge in [0.1, 0.15) is 0 Å². The van der Waals surface area contributed by atoms with Gasteiger partial charge in [-0.3, -0.25) is 9.78 Å². The van der Waals surface area contributed by atoms with Crippen LogP contribution in [0.5, 0.6) is 0 Å². The van der Waals surface area contributed by atoms with Gasteiger partial charge in [-0.05, 0) is 48.7 Å². The third-order valence-corrected chi connectivity index (χ3v) is 3.53. The highest BCUT2D eigenvalue weighted by Crippen LogP contribution is 2.23. The van der Waals surface area contributed by atoms with Crippen molar-refractivity contribution in [1.29, 1.82) is 0 Å². The number of amides is 1. The molecule has 1 amide bonds. The molecule has 0 saturated carbocycles. The SMILES string of the molecule is Cc1cncc(C(=O)Nc2cccc3c2CNCC3)c1. The molecule has 20 heavy (non-hydrogen) atoms. The molecule has 1 aromatic carbocycles. The monoisotopic (exact) mass is 267 g/mol. The number of aryl methyl sites for hydroxylation is 1. The van der Waals surface area contributed by atoms with Gasteiger partial charge in [-0.2, -0.15) is 0 Å². The van der Waals surface area contributed by atoms with Crippen molar-refractivity contribution in [3.63, 3.8) is 0 Å². The Hall–Kier alpha value is -2.20. The average Bonchev–Trinajstić information content (AvgIpc) is 2.47. The van der Waals surface area contributed by atoms with E-state index < -0.39 is 0 Å². The summed E-state index contributed by atoms with van der Waals surface area (Å²) in [5.74, 6) is -0.111. The third-order valence-electron chi connectivity index (χ3n) is 3.53. The molecule has 2 aromatic rings. The molecule has 1 aliphatic rings. The van der Waals surface area contributed by atoms with Gasteiger partial charge in [-0.25, -0.2) is 0 Å². The molecule has 3 rings (SSSR count). The molecule has 0 bridgehead atoms. The van der Waals surface area contributed by atoms with E-state index in [1.165, 1.54) is 11.1 Å². The lowest BCUT2D eigenvalue weighted by Gasteiger charge is -2.20. The second-order valence-electron chi connectivity index (χ2n) is 5.08. The Labute approximate surface area is 118 Å². The first-order chi connectivity index (χ1) is 9.74. The summed E-state index contributed by atoms with van der Waals surface area (Å²) in [6.45, 7) is 3.72. The minimum absolute atomic E-state index is 0.111. The van der Waals surface area contributed by atoms with Crippen molar-refractivity contribution >= 4 is 11.6 Å². The number of nitrogens with zero attached hydrogens (tertiary/aromatic N) is 1. The number of aromatic nitrogens is 1. The van der Waals surface area contributed by atoms with Gasteiger partial charge >= 0.3 is 0 Å². The smallest absolute Gasteiger partial charge is 0.257 e. The molecule has 0 spiro atoms. The standard InChI is InChI=1S/C16H17N3O/c1-11-7-13(9-18-8-11)16(20)19-15-4-2-3-12-5-6-17-10-14(12)15/h2-4,7-9,17H,5-6,10H2,1H3,(H,19,20). The van der Waals surface area contributed by atoms with Crippen LogP contribution >= 0.6 is 0 Å². The largest absolute Gasteiger partial charge is 0.322 e. The van der Waals surface area contributed by atoms with Gasteiger partial charge in [0.15, 0.2) is 0 Å². The Balaban J connectivity index is 1.86. The van der Waals surface area contributed by atoms with E-state index >= 15 is 0 Å². The van der Waals surface area contributed by atoms with Gasteiger partial charge in [0.05, 0.1) is 5.56 Å². The van der Waals surface area contributed by atoms with Gasteiger partial charge in [-0.1, -0.05) is 12.1 Å². The van der Waals surface area contributed by atoms with Crippen molar-refractivity contribution < 1.29 is 4.79 Å². The van der Waals surface area contributed by atoms with Crippen molar-refractivity contribution in [3.05, 3.63) is 58.9 Å². The topological polar surface area (TPSA) is 54.0 Å². The maximum Gasteiger partial charge on any atom is 0.257 e. The van der Waals surface area contributed by atoms with Crippen LogP contribution in [0.1, 0.15) is 27.0 Å². The van der Waals surface area contributed by atoms with Crippen LogP contribution in [0, 0.1) is 6.92 Å². The van der Waals surface area contributed by atoms with Gasteiger partial charge in [0, 0.05) is 24.6 Å². The molecule has 1 aliphatic heterocycles. The predicted octanol–water partition coefficient (Wildman–Crippen LogP) is 2.29. The van der Waals surface area contributed by atoms with Crippen LogP contribution in [0.4, 0.5) is 5.69 Å². The molecule has 2 heterocycles. The third kappa shape index (κ3) is 2.56. The zero-order valence-electron chi connectivity index (χ0n) is 11.4. The maximum absolute atomic E-state index is 12.3. The Morgan fingerprint density at radius 3 is 3.10 bits per heavy atom. The zero-order valence-corrected chi connectivity index (χ0v) is 11.4. The molecular formula is C16H17N3O. The summed E-state index contributed by atoms with van der Waals surface area (Å²) < 4.78 is 0. The van der Waals surface area contributed by atoms with Crippen LogP contribution in [0.3, 0.4) is 0 Å². The number of carbonyl (C=O) groups is 1. The second kappa shape index (κ2) is 5.43. The fourth-order valence-electron chi connectivity index (χ4n) is 2.50. The van der Waals surface area contributed by atoms with Crippen LogP contribution in [0.25, 0.3) is 0 Å². The zero-order chi connectivity index (χ0) is 13.9. The molecule has 102 valence electrons. The van der Waals surface area contributed by atoms with E-state index in [4.69, 9.17) is 0 Å². The first-order valence-electron chi connectivity index (χ1n) is 6.78. The summed E-state index contributed by atoms with van der Waals surface area (Å²) in [5, 5.41) is 6.33. The molecule has 0 unspecified atom stereocenters.